The lowest BCUT2D eigenvalue weighted by Gasteiger charge is -2.28. The Balaban J connectivity index is 1.94. The van der Waals surface area contributed by atoms with Gasteiger partial charge in [0.1, 0.15) is 0 Å². The lowest BCUT2D eigenvalue weighted by Crippen LogP contribution is -2.40. The Morgan fingerprint density at radius 2 is 2.38 bits per heavy atom. The SMILES string of the molecule is CN1CCC2(CC3CCC2O3)C1=O. The van der Waals surface area contributed by atoms with Gasteiger partial charge in [-0.3, -0.25) is 4.79 Å². The van der Waals surface area contributed by atoms with E-state index in [-0.39, 0.29) is 11.5 Å². The zero-order valence-corrected chi connectivity index (χ0v) is 7.95. The lowest BCUT2D eigenvalue weighted by atomic mass is 9.73. The fourth-order valence-electron chi connectivity index (χ4n) is 3.24. The van der Waals surface area contributed by atoms with Crippen LogP contribution in [0, 0.1) is 5.41 Å². The summed E-state index contributed by atoms with van der Waals surface area (Å²) < 4.78 is 5.78. The highest BCUT2D eigenvalue weighted by Gasteiger charge is 2.59. The minimum absolute atomic E-state index is 0.0995. The number of fused-ring (bicyclic) bond motifs is 3. The van der Waals surface area contributed by atoms with Crippen molar-refractivity contribution in [1.29, 1.82) is 0 Å². The summed E-state index contributed by atoms with van der Waals surface area (Å²) in [5.74, 6) is 0.333. The van der Waals surface area contributed by atoms with Crippen LogP contribution in [0.25, 0.3) is 0 Å². The van der Waals surface area contributed by atoms with Gasteiger partial charge in [0.15, 0.2) is 0 Å². The number of carbonyl (C=O) groups excluding carboxylic acids is 1. The van der Waals surface area contributed by atoms with E-state index in [9.17, 15) is 4.79 Å². The molecule has 3 unspecified atom stereocenters. The highest BCUT2D eigenvalue weighted by atomic mass is 16.5. The van der Waals surface area contributed by atoms with Gasteiger partial charge < -0.3 is 9.64 Å². The third-order valence-electron chi connectivity index (χ3n) is 3.98. The molecule has 72 valence electrons. The van der Waals surface area contributed by atoms with Crippen molar-refractivity contribution in [2.45, 2.75) is 37.9 Å². The van der Waals surface area contributed by atoms with Gasteiger partial charge >= 0.3 is 0 Å². The van der Waals surface area contributed by atoms with Crippen molar-refractivity contribution in [2.24, 2.45) is 5.41 Å². The summed E-state index contributed by atoms with van der Waals surface area (Å²) in [7, 11) is 1.91. The number of nitrogens with zero attached hydrogens (tertiary/aromatic N) is 1. The van der Waals surface area contributed by atoms with E-state index in [4.69, 9.17) is 4.74 Å². The highest BCUT2D eigenvalue weighted by Crippen LogP contribution is 2.52. The van der Waals surface area contributed by atoms with Crippen molar-refractivity contribution in [1.82, 2.24) is 4.90 Å². The third kappa shape index (κ3) is 0.810. The summed E-state index contributed by atoms with van der Waals surface area (Å²) in [4.78, 5) is 13.8. The standard InChI is InChI=1S/C10H15NO2/c1-11-5-4-10(9(11)12)6-7-2-3-8(10)13-7/h7-8H,2-6H2,1H3. The maximum absolute atomic E-state index is 12.0. The Morgan fingerprint density at radius 3 is 2.85 bits per heavy atom. The summed E-state index contributed by atoms with van der Waals surface area (Å²) in [6.45, 7) is 0.922. The van der Waals surface area contributed by atoms with Crippen molar-refractivity contribution >= 4 is 5.91 Å². The molecule has 0 aliphatic carbocycles. The van der Waals surface area contributed by atoms with Gasteiger partial charge in [-0.2, -0.15) is 0 Å². The summed E-state index contributed by atoms with van der Waals surface area (Å²) in [5.41, 5.74) is -0.0995. The Labute approximate surface area is 78.0 Å². The Hall–Kier alpha value is -0.570. The van der Waals surface area contributed by atoms with Crippen LogP contribution >= 0.6 is 0 Å². The van der Waals surface area contributed by atoms with Gasteiger partial charge in [0.2, 0.25) is 5.91 Å². The molecular formula is C10H15NO2. The van der Waals surface area contributed by atoms with Crippen LogP contribution in [0.3, 0.4) is 0 Å². The predicted molar refractivity (Wildman–Crippen MR) is 47.2 cm³/mol. The van der Waals surface area contributed by atoms with Crippen LogP contribution in [0.1, 0.15) is 25.7 Å². The van der Waals surface area contributed by atoms with E-state index in [0.29, 0.717) is 12.0 Å². The zero-order valence-electron chi connectivity index (χ0n) is 7.95. The lowest BCUT2D eigenvalue weighted by molar-refractivity contribution is -0.137. The molecule has 3 heterocycles. The van der Waals surface area contributed by atoms with Crippen molar-refractivity contribution in [2.75, 3.05) is 13.6 Å². The first-order chi connectivity index (χ1) is 6.22. The van der Waals surface area contributed by atoms with E-state index in [1.807, 2.05) is 11.9 Å². The molecule has 3 saturated heterocycles. The summed E-state index contributed by atoms with van der Waals surface area (Å²) >= 11 is 0. The maximum Gasteiger partial charge on any atom is 0.231 e. The number of ether oxygens (including phenoxy) is 1. The Morgan fingerprint density at radius 1 is 1.54 bits per heavy atom. The second kappa shape index (κ2) is 2.27. The first-order valence-corrected chi connectivity index (χ1v) is 5.13. The molecule has 3 fully saturated rings. The van der Waals surface area contributed by atoms with Crippen LogP contribution in [-0.2, 0) is 9.53 Å². The molecule has 13 heavy (non-hydrogen) atoms. The average molecular weight is 181 g/mol. The molecule has 0 aromatic rings. The fraction of sp³-hybridized carbons (Fsp3) is 0.900. The molecule has 0 radical (unpaired) electrons. The summed E-state index contributed by atoms with van der Waals surface area (Å²) in [6, 6.07) is 0. The molecule has 3 heteroatoms. The van der Waals surface area contributed by atoms with E-state index in [2.05, 4.69) is 0 Å². The van der Waals surface area contributed by atoms with Crippen LogP contribution in [-0.4, -0.2) is 36.6 Å². The van der Waals surface area contributed by atoms with Crippen LogP contribution in [0.2, 0.25) is 0 Å². The fourth-order valence-corrected chi connectivity index (χ4v) is 3.24. The number of hydrogen-bond donors (Lipinski definition) is 0. The van der Waals surface area contributed by atoms with Gasteiger partial charge in [0.05, 0.1) is 17.6 Å². The molecule has 3 aliphatic rings. The Bertz CT molecular complexity index is 266. The van der Waals surface area contributed by atoms with Crippen LogP contribution in [0.15, 0.2) is 0 Å². The molecule has 3 nitrogen and oxygen atoms in total. The zero-order chi connectivity index (χ0) is 9.05. The summed E-state index contributed by atoms with van der Waals surface area (Å²) in [6.07, 6.45) is 4.91. The van der Waals surface area contributed by atoms with Gasteiger partial charge in [0, 0.05) is 13.6 Å². The van der Waals surface area contributed by atoms with Crippen LogP contribution in [0.5, 0.6) is 0 Å². The molecule has 3 atom stereocenters. The smallest absolute Gasteiger partial charge is 0.231 e. The quantitative estimate of drug-likeness (QED) is 0.553. The summed E-state index contributed by atoms with van der Waals surface area (Å²) in [5, 5.41) is 0. The van der Waals surface area contributed by atoms with E-state index >= 15 is 0 Å². The van der Waals surface area contributed by atoms with Crippen molar-refractivity contribution in [3.63, 3.8) is 0 Å². The first kappa shape index (κ1) is 7.80. The minimum atomic E-state index is -0.0995. The van der Waals surface area contributed by atoms with Gasteiger partial charge in [0.25, 0.3) is 0 Å². The largest absolute Gasteiger partial charge is 0.374 e. The first-order valence-electron chi connectivity index (χ1n) is 5.13. The molecule has 1 amide bonds. The number of hydrogen-bond acceptors (Lipinski definition) is 2. The van der Waals surface area contributed by atoms with Gasteiger partial charge in [-0.25, -0.2) is 0 Å². The molecule has 0 saturated carbocycles. The van der Waals surface area contributed by atoms with Crippen molar-refractivity contribution < 1.29 is 9.53 Å². The second-order valence-electron chi connectivity index (χ2n) is 4.66. The molecule has 2 bridgehead atoms. The number of amides is 1. The van der Waals surface area contributed by atoms with Gasteiger partial charge in [-0.15, -0.1) is 0 Å². The van der Waals surface area contributed by atoms with Crippen molar-refractivity contribution in [3.05, 3.63) is 0 Å². The normalized spacial score (nSPS) is 48.4. The van der Waals surface area contributed by atoms with Gasteiger partial charge in [-0.1, -0.05) is 0 Å². The van der Waals surface area contributed by atoms with Crippen LogP contribution in [0.4, 0.5) is 0 Å². The second-order valence-corrected chi connectivity index (χ2v) is 4.66. The van der Waals surface area contributed by atoms with E-state index in [0.717, 1.165) is 25.8 Å². The monoisotopic (exact) mass is 181 g/mol. The molecular weight excluding hydrogens is 166 g/mol. The maximum atomic E-state index is 12.0. The number of likely N-dealkylation sites (tertiary alicyclic amines) is 1. The Kier molecular flexibility index (Phi) is 1.36. The molecule has 3 aliphatic heterocycles. The number of carbonyl (C=O) groups is 1. The molecule has 0 aromatic carbocycles. The van der Waals surface area contributed by atoms with Crippen molar-refractivity contribution in [3.8, 4) is 0 Å². The van der Waals surface area contributed by atoms with Gasteiger partial charge in [-0.05, 0) is 25.7 Å². The molecule has 1 spiro atoms. The average Bonchev–Trinajstić information content (AvgIpc) is 2.77. The third-order valence-corrected chi connectivity index (χ3v) is 3.98. The minimum Gasteiger partial charge on any atom is -0.374 e. The van der Waals surface area contributed by atoms with E-state index in [1.54, 1.807) is 0 Å². The highest BCUT2D eigenvalue weighted by molar-refractivity contribution is 5.85. The number of rotatable bonds is 0. The molecule has 0 N–H and O–H groups in total. The molecule has 0 aromatic heterocycles. The molecule has 3 rings (SSSR count). The predicted octanol–water partition coefficient (Wildman–Crippen LogP) is 0.786. The van der Waals surface area contributed by atoms with Crippen LogP contribution < -0.4 is 0 Å². The van der Waals surface area contributed by atoms with E-state index < -0.39 is 0 Å². The topological polar surface area (TPSA) is 29.5 Å². The van der Waals surface area contributed by atoms with E-state index in [1.165, 1.54) is 6.42 Å².